The third-order valence-corrected chi connectivity index (χ3v) is 4.12. The number of alkyl halides is 2. The van der Waals surface area contributed by atoms with Crippen molar-refractivity contribution in [2.45, 2.75) is 38.3 Å². The first-order valence-corrected chi connectivity index (χ1v) is 7.70. The Balaban J connectivity index is 2.15. The summed E-state index contributed by atoms with van der Waals surface area (Å²) in [4.78, 5) is 14.5. The smallest absolute Gasteiger partial charge is 0.320 e. The van der Waals surface area contributed by atoms with E-state index in [-0.39, 0.29) is 17.8 Å². The van der Waals surface area contributed by atoms with Crippen molar-refractivity contribution in [3.05, 3.63) is 40.1 Å². The lowest BCUT2D eigenvalue weighted by atomic mass is 10.0. The lowest BCUT2D eigenvalue weighted by Gasteiger charge is -2.29. The molecule has 1 aromatic heterocycles. The molecule has 128 valence electrons. The largest absolute Gasteiger partial charge is 0.378 e. The lowest BCUT2D eigenvalue weighted by Crippen LogP contribution is -2.32. The van der Waals surface area contributed by atoms with Gasteiger partial charge in [-0.25, -0.2) is 13.8 Å². The predicted octanol–water partition coefficient (Wildman–Crippen LogP) is 4.06. The van der Waals surface area contributed by atoms with Crippen LogP contribution in [0, 0.1) is 10.1 Å². The van der Waals surface area contributed by atoms with Crippen molar-refractivity contribution in [1.29, 1.82) is 0 Å². The van der Waals surface area contributed by atoms with Gasteiger partial charge in [-0.05, 0) is 25.8 Å². The van der Waals surface area contributed by atoms with Crippen molar-refractivity contribution >= 4 is 22.3 Å². The van der Waals surface area contributed by atoms with Gasteiger partial charge in [0.1, 0.15) is 5.69 Å². The van der Waals surface area contributed by atoms with E-state index in [9.17, 15) is 18.9 Å². The van der Waals surface area contributed by atoms with Crippen molar-refractivity contribution in [3.63, 3.8) is 0 Å². The molecule has 1 aliphatic heterocycles. The molecule has 0 saturated carbocycles. The summed E-state index contributed by atoms with van der Waals surface area (Å²) in [5, 5.41) is 15.0. The van der Waals surface area contributed by atoms with Gasteiger partial charge in [0.05, 0.1) is 16.5 Å². The topological polar surface area (TPSA) is 77.3 Å². The van der Waals surface area contributed by atoms with E-state index in [1.165, 1.54) is 0 Å². The number of ether oxygens (including phenoxy) is 1. The molecule has 0 bridgehead atoms. The zero-order valence-electron chi connectivity index (χ0n) is 13.0. The molecule has 1 aliphatic rings. The van der Waals surface area contributed by atoms with Crippen LogP contribution in [0.3, 0.4) is 0 Å². The van der Waals surface area contributed by atoms with Gasteiger partial charge >= 0.3 is 5.69 Å². The number of para-hydroxylation sites is 1. The molecule has 0 aliphatic carbocycles. The van der Waals surface area contributed by atoms with Crippen molar-refractivity contribution in [2.75, 3.05) is 11.9 Å². The summed E-state index contributed by atoms with van der Waals surface area (Å²) in [5.74, 6) is 0. The number of hydrogen-bond donors (Lipinski definition) is 1. The van der Waals surface area contributed by atoms with Gasteiger partial charge < -0.3 is 10.1 Å². The standard InChI is InChI=1S/C16H17F2N3O3/c1-9-8-10(6-7-24-9)19-13-11-4-2-3-5-12(11)20-14(16(17)18)15(13)21(22)23/h2-5,9-10,16H,6-8H2,1H3,(H,19,20)/t9-,10-/m1/s1. The molecular formula is C16H17F2N3O3. The quantitative estimate of drug-likeness (QED) is 0.672. The second kappa shape index (κ2) is 6.64. The molecule has 3 rings (SSSR count). The van der Waals surface area contributed by atoms with E-state index in [1.54, 1.807) is 24.3 Å². The third kappa shape index (κ3) is 3.14. The number of halogens is 2. The van der Waals surface area contributed by atoms with E-state index in [0.717, 1.165) is 0 Å². The van der Waals surface area contributed by atoms with E-state index in [4.69, 9.17) is 4.74 Å². The van der Waals surface area contributed by atoms with Crippen LogP contribution >= 0.6 is 0 Å². The van der Waals surface area contributed by atoms with Crippen LogP contribution in [0.15, 0.2) is 24.3 Å². The first-order valence-electron chi connectivity index (χ1n) is 7.70. The second-order valence-electron chi connectivity index (χ2n) is 5.84. The predicted molar refractivity (Wildman–Crippen MR) is 85.4 cm³/mol. The van der Waals surface area contributed by atoms with Gasteiger partial charge in [-0.15, -0.1) is 0 Å². The van der Waals surface area contributed by atoms with Crippen LogP contribution in [0.2, 0.25) is 0 Å². The molecule has 2 aromatic rings. The Bertz CT molecular complexity index is 770. The summed E-state index contributed by atoms with van der Waals surface area (Å²) in [6, 6.07) is 6.51. The minimum atomic E-state index is -3.02. The Labute approximate surface area is 137 Å². The molecule has 1 fully saturated rings. The van der Waals surface area contributed by atoms with Gasteiger partial charge in [-0.3, -0.25) is 10.1 Å². The van der Waals surface area contributed by atoms with Crippen LogP contribution in [0.1, 0.15) is 31.9 Å². The van der Waals surface area contributed by atoms with Crippen LogP contribution < -0.4 is 5.32 Å². The molecule has 0 radical (unpaired) electrons. The molecule has 8 heteroatoms. The summed E-state index contributed by atoms with van der Waals surface area (Å²) in [6.07, 6.45) is -1.71. The maximum atomic E-state index is 13.3. The van der Waals surface area contributed by atoms with Crippen molar-refractivity contribution < 1.29 is 18.4 Å². The molecule has 1 N–H and O–H groups in total. The Morgan fingerprint density at radius 3 is 2.83 bits per heavy atom. The van der Waals surface area contributed by atoms with Gasteiger partial charge in [0.25, 0.3) is 6.43 Å². The number of aromatic nitrogens is 1. The maximum Gasteiger partial charge on any atom is 0.320 e. The Hall–Kier alpha value is -2.35. The molecule has 0 spiro atoms. The highest BCUT2D eigenvalue weighted by molar-refractivity contribution is 5.96. The van der Waals surface area contributed by atoms with Crippen molar-refractivity contribution in [3.8, 4) is 0 Å². The fraction of sp³-hybridized carbons (Fsp3) is 0.438. The van der Waals surface area contributed by atoms with Crippen LogP contribution in [0.4, 0.5) is 20.2 Å². The third-order valence-electron chi connectivity index (χ3n) is 4.12. The number of nitrogens with one attached hydrogen (secondary N) is 1. The van der Waals surface area contributed by atoms with Crippen molar-refractivity contribution in [2.24, 2.45) is 0 Å². The SMILES string of the molecule is C[C@@H]1C[C@H](Nc2c([N+](=O)[O-])c(C(F)F)nc3ccccc23)CCO1. The number of anilines is 1. The summed E-state index contributed by atoms with van der Waals surface area (Å²) < 4.78 is 32.1. The second-order valence-corrected chi connectivity index (χ2v) is 5.84. The Morgan fingerprint density at radius 1 is 1.42 bits per heavy atom. The first-order chi connectivity index (χ1) is 11.5. The number of benzene rings is 1. The number of nitro groups is 1. The molecule has 0 amide bonds. The molecular weight excluding hydrogens is 320 g/mol. The van der Waals surface area contributed by atoms with Gasteiger partial charge in [-0.2, -0.15) is 0 Å². The molecule has 1 aromatic carbocycles. The zero-order chi connectivity index (χ0) is 17.3. The average molecular weight is 337 g/mol. The molecule has 24 heavy (non-hydrogen) atoms. The minimum Gasteiger partial charge on any atom is -0.378 e. The normalized spacial score (nSPS) is 21.2. The first kappa shape index (κ1) is 16.5. The molecule has 2 heterocycles. The van der Waals surface area contributed by atoms with E-state index in [0.29, 0.717) is 30.4 Å². The monoisotopic (exact) mass is 337 g/mol. The highest BCUT2D eigenvalue weighted by Crippen LogP contribution is 2.39. The average Bonchev–Trinajstić information content (AvgIpc) is 2.54. The molecule has 2 atom stereocenters. The molecule has 6 nitrogen and oxygen atoms in total. The minimum absolute atomic E-state index is 0.0120. The maximum absolute atomic E-state index is 13.3. The van der Waals surface area contributed by atoms with Crippen LogP contribution in [-0.4, -0.2) is 28.7 Å². The summed E-state index contributed by atoms with van der Waals surface area (Å²) >= 11 is 0. The molecule has 1 saturated heterocycles. The highest BCUT2D eigenvalue weighted by Gasteiger charge is 2.31. The number of rotatable bonds is 4. The van der Waals surface area contributed by atoms with Crippen LogP contribution in [0.5, 0.6) is 0 Å². The summed E-state index contributed by atoms with van der Waals surface area (Å²) in [6.45, 7) is 2.44. The van der Waals surface area contributed by atoms with Crippen LogP contribution in [-0.2, 0) is 4.74 Å². The Morgan fingerprint density at radius 2 is 2.17 bits per heavy atom. The lowest BCUT2D eigenvalue weighted by molar-refractivity contribution is -0.385. The van der Waals surface area contributed by atoms with E-state index in [1.807, 2.05) is 6.92 Å². The fourth-order valence-corrected chi connectivity index (χ4v) is 3.04. The van der Waals surface area contributed by atoms with Crippen molar-refractivity contribution in [1.82, 2.24) is 4.98 Å². The zero-order valence-corrected chi connectivity index (χ0v) is 13.0. The molecule has 0 unspecified atom stereocenters. The van der Waals surface area contributed by atoms with Gasteiger partial charge in [0.15, 0.2) is 5.69 Å². The van der Waals surface area contributed by atoms with E-state index >= 15 is 0 Å². The van der Waals surface area contributed by atoms with Gasteiger partial charge in [0, 0.05) is 18.0 Å². The van der Waals surface area contributed by atoms with Crippen LogP contribution in [0.25, 0.3) is 10.9 Å². The number of nitrogens with zero attached hydrogens (tertiary/aromatic N) is 2. The number of fused-ring (bicyclic) bond motifs is 1. The Kier molecular flexibility index (Phi) is 4.57. The number of hydrogen-bond acceptors (Lipinski definition) is 5. The summed E-state index contributed by atoms with van der Waals surface area (Å²) in [5.41, 5.74) is -1.04. The van der Waals surface area contributed by atoms with E-state index in [2.05, 4.69) is 10.3 Å². The fourth-order valence-electron chi connectivity index (χ4n) is 3.04. The highest BCUT2D eigenvalue weighted by atomic mass is 19.3. The van der Waals surface area contributed by atoms with Gasteiger partial charge in [0.2, 0.25) is 0 Å². The summed E-state index contributed by atoms with van der Waals surface area (Å²) in [7, 11) is 0. The van der Waals surface area contributed by atoms with E-state index < -0.39 is 22.7 Å². The number of pyridine rings is 1. The van der Waals surface area contributed by atoms with Gasteiger partial charge in [-0.1, -0.05) is 18.2 Å².